The first-order valence-corrected chi connectivity index (χ1v) is 5.77. The Morgan fingerprint density at radius 3 is 2.11 bits per heavy atom. The number of alkyl halides is 5. The van der Waals surface area contributed by atoms with E-state index in [1.807, 2.05) is 0 Å². The van der Waals surface area contributed by atoms with Gasteiger partial charge in [-0.05, 0) is 18.2 Å². The second-order valence-corrected chi connectivity index (χ2v) is 4.66. The van der Waals surface area contributed by atoms with Crippen molar-refractivity contribution in [1.82, 2.24) is 10.2 Å². The van der Waals surface area contributed by atoms with Crippen LogP contribution in [0.4, 0.5) is 22.0 Å². The molecule has 0 aliphatic heterocycles. The van der Waals surface area contributed by atoms with Gasteiger partial charge < -0.3 is 0 Å². The van der Waals surface area contributed by atoms with Crippen LogP contribution in [-0.2, 0) is 5.92 Å². The molecule has 1 aromatic carbocycles. The van der Waals surface area contributed by atoms with E-state index in [2.05, 4.69) is 21.0 Å². The Morgan fingerprint density at radius 1 is 1.00 bits per heavy atom. The summed E-state index contributed by atoms with van der Waals surface area (Å²) in [5.74, 6) is -4.95. The van der Waals surface area contributed by atoms with Gasteiger partial charge in [-0.3, -0.25) is 5.10 Å². The zero-order valence-corrected chi connectivity index (χ0v) is 10.7. The van der Waals surface area contributed by atoms with E-state index in [0.717, 1.165) is 4.47 Å². The van der Waals surface area contributed by atoms with Gasteiger partial charge in [-0.1, -0.05) is 28.1 Å². The van der Waals surface area contributed by atoms with Gasteiger partial charge in [0.05, 0.1) is 5.69 Å². The maximum absolute atomic E-state index is 13.1. The topological polar surface area (TPSA) is 28.7 Å². The predicted molar refractivity (Wildman–Crippen MR) is 61.7 cm³/mol. The molecule has 102 valence electrons. The highest BCUT2D eigenvalue weighted by molar-refractivity contribution is 9.10. The molecule has 2 aromatic rings. The largest absolute Gasteiger partial charge is 0.459 e. The van der Waals surface area contributed by atoms with Gasteiger partial charge in [0, 0.05) is 10.0 Å². The average Bonchev–Trinajstić information content (AvgIpc) is 2.78. The molecule has 0 atom stereocenters. The molecular weight excluding hydrogens is 335 g/mol. The molecule has 2 rings (SSSR count). The van der Waals surface area contributed by atoms with Crippen molar-refractivity contribution in [3.63, 3.8) is 0 Å². The maximum Gasteiger partial charge on any atom is 0.459 e. The summed E-state index contributed by atoms with van der Waals surface area (Å²) in [4.78, 5) is 0. The normalized spacial score (nSPS) is 12.7. The van der Waals surface area contributed by atoms with E-state index in [0.29, 0.717) is 11.6 Å². The molecule has 8 heteroatoms. The molecule has 1 aromatic heterocycles. The smallest absolute Gasteiger partial charge is 0.275 e. The molecule has 0 amide bonds. The van der Waals surface area contributed by atoms with Crippen molar-refractivity contribution < 1.29 is 22.0 Å². The van der Waals surface area contributed by atoms with Crippen LogP contribution in [0.1, 0.15) is 5.69 Å². The van der Waals surface area contributed by atoms with Crippen LogP contribution in [0.5, 0.6) is 0 Å². The average molecular weight is 341 g/mol. The Hall–Kier alpha value is -1.44. The van der Waals surface area contributed by atoms with E-state index in [4.69, 9.17) is 0 Å². The SMILES string of the molecule is FC(F)(F)C(F)(F)c1cc(-c2ccc(Br)cc2)n[nH]1. The molecule has 1 N–H and O–H groups in total. The van der Waals surface area contributed by atoms with Crippen molar-refractivity contribution in [2.24, 2.45) is 0 Å². The number of rotatable bonds is 2. The Labute approximate surface area is 112 Å². The Morgan fingerprint density at radius 2 is 1.58 bits per heavy atom. The molecule has 19 heavy (non-hydrogen) atoms. The van der Waals surface area contributed by atoms with Crippen LogP contribution in [0.25, 0.3) is 11.3 Å². The first kappa shape index (κ1) is 14.0. The van der Waals surface area contributed by atoms with Crippen molar-refractivity contribution in [2.45, 2.75) is 12.1 Å². The lowest BCUT2D eigenvalue weighted by Gasteiger charge is -2.17. The van der Waals surface area contributed by atoms with Gasteiger partial charge in [-0.25, -0.2) is 0 Å². The lowest BCUT2D eigenvalue weighted by Crippen LogP contribution is -2.33. The van der Waals surface area contributed by atoms with E-state index < -0.39 is 17.8 Å². The second kappa shape index (κ2) is 4.59. The van der Waals surface area contributed by atoms with Crippen molar-refractivity contribution in [3.05, 3.63) is 40.5 Å². The lowest BCUT2D eigenvalue weighted by molar-refractivity contribution is -0.290. The van der Waals surface area contributed by atoms with Crippen molar-refractivity contribution in [1.29, 1.82) is 0 Å². The number of hydrogen-bond donors (Lipinski definition) is 1. The van der Waals surface area contributed by atoms with Crippen molar-refractivity contribution in [2.75, 3.05) is 0 Å². The summed E-state index contributed by atoms with van der Waals surface area (Å²) >= 11 is 3.18. The predicted octanol–water partition coefficient (Wildman–Crippen LogP) is 4.49. The fraction of sp³-hybridized carbons (Fsp3) is 0.182. The third-order valence-corrected chi connectivity index (χ3v) is 2.94. The van der Waals surface area contributed by atoms with Gasteiger partial charge in [0.1, 0.15) is 5.69 Å². The van der Waals surface area contributed by atoms with Crippen LogP contribution in [0.2, 0.25) is 0 Å². The number of nitrogens with one attached hydrogen (secondary N) is 1. The molecule has 2 nitrogen and oxygen atoms in total. The molecule has 0 bridgehead atoms. The minimum Gasteiger partial charge on any atom is -0.275 e. The highest BCUT2D eigenvalue weighted by Crippen LogP contribution is 2.43. The molecular formula is C11H6BrF5N2. The van der Waals surface area contributed by atoms with E-state index in [1.54, 1.807) is 29.4 Å². The van der Waals surface area contributed by atoms with Gasteiger partial charge in [0.25, 0.3) is 0 Å². The zero-order chi connectivity index (χ0) is 14.3. The molecule has 0 spiro atoms. The first-order chi connectivity index (χ1) is 8.72. The van der Waals surface area contributed by atoms with E-state index in [1.165, 1.54) is 0 Å². The van der Waals surface area contributed by atoms with Gasteiger partial charge in [0.2, 0.25) is 0 Å². The van der Waals surface area contributed by atoms with Gasteiger partial charge in [-0.2, -0.15) is 27.1 Å². The molecule has 0 fully saturated rings. The number of aromatic amines is 1. The lowest BCUT2D eigenvalue weighted by atomic mass is 10.1. The van der Waals surface area contributed by atoms with Crippen LogP contribution in [0.3, 0.4) is 0 Å². The summed E-state index contributed by atoms with van der Waals surface area (Å²) in [6, 6.07) is 7.05. The summed E-state index contributed by atoms with van der Waals surface area (Å²) < 4.78 is 63.4. The van der Waals surface area contributed by atoms with Crippen LogP contribution in [-0.4, -0.2) is 16.4 Å². The summed E-state index contributed by atoms with van der Waals surface area (Å²) in [5.41, 5.74) is -0.826. The van der Waals surface area contributed by atoms with Crippen LogP contribution >= 0.6 is 15.9 Å². The second-order valence-electron chi connectivity index (χ2n) is 3.75. The van der Waals surface area contributed by atoms with Crippen molar-refractivity contribution in [3.8, 4) is 11.3 Å². The Balaban J connectivity index is 2.37. The molecule has 0 unspecified atom stereocenters. The monoisotopic (exact) mass is 340 g/mol. The number of benzene rings is 1. The standard InChI is InChI=1S/C11H6BrF5N2/c12-7-3-1-6(2-4-7)8-5-9(19-18-8)10(13,14)11(15,16)17/h1-5H,(H,18,19). The van der Waals surface area contributed by atoms with E-state index in [9.17, 15) is 22.0 Å². The van der Waals surface area contributed by atoms with E-state index >= 15 is 0 Å². The third kappa shape index (κ3) is 2.63. The van der Waals surface area contributed by atoms with Crippen molar-refractivity contribution >= 4 is 15.9 Å². The van der Waals surface area contributed by atoms with Gasteiger partial charge >= 0.3 is 12.1 Å². The number of hydrogen-bond acceptors (Lipinski definition) is 1. The summed E-state index contributed by atoms with van der Waals surface area (Å²) in [7, 11) is 0. The van der Waals surface area contributed by atoms with Crippen LogP contribution < -0.4 is 0 Å². The minimum atomic E-state index is -5.66. The number of aromatic nitrogens is 2. The third-order valence-electron chi connectivity index (χ3n) is 2.41. The molecule has 0 aliphatic rings. The highest BCUT2D eigenvalue weighted by atomic mass is 79.9. The van der Waals surface area contributed by atoms with Crippen LogP contribution in [0.15, 0.2) is 34.8 Å². The van der Waals surface area contributed by atoms with Gasteiger partial charge in [0.15, 0.2) is 0 Å². The summed E-state index contributed by atoms with van der Waals surface area (Å²) in [6.45, 7) is 0. The fourth-order valence-corrected chi connectivity index (χ4v) is 1.67. The quantitative estimate of drug-likeness (QED) is 0.801. The molecule has 0 saturated carbocycles. The fourth-order valence-electron chi connectivity index (χ4n) is 1.40. The summed E-state index contributed by atoms with van der Waals surface area (Å²) in [5, 5.41) is 5.21. The zero-order valence-electron chi connectivity index (χ0n) is 9.10. The van der Waals surface area contributed by atoms with E-state index in [-0.39, 0.29) is 5.69 Å². The molecule has 0 radical (unpaired) electrons. The highest BCUT2D eigenvalue weighted by Gasteiger charge is 2.60. The molecule has 0 saturated heterocycles. The number of halogens is 6. The Bertz CT molecular complexity index is 574. The number of nitrogens with zero attached hydrogens (tertiary/aromatic N) is 1. The first-order valence-electron chi connectivity index (χ1n) is 4.98. The Kier molecular flexibility index (Phi) is 3.38. The van der Waals surface area contributed by atoms with Crippen LogP contribution in [0, 0.1) is 0 Å². The maximum atomic E-state index is 13.1. The molecule has 1 heterocycles. The minimum absolute atomic E-state index is 0.0198. The number of H-pyrrole nitrogens is 1. The summed E-state index contributed by atoms with van der Waals surface area (Å²) in [6.07, 6.45) is -5.66. The molecule has 0 aliphatic carbocycles. The van der Waals surface area contributed by atoms with Gasteiger partial charge in [-0.15, -0.1) is 0 Å².